The molecule has 1 aliphatic rings. The maximum atomic E-state index is 13.4. The Bertz CT molecular complexity index is 1300. The molecule has 2 amide bonds. The molecule has 0 aliphatic carbocycles. The van der Waals surface area contributed by atoms with Crippen molar-refractivity contribution in [3.05, 3.63) is 94.5 Å². The highest BCUT2D eigenvalue weighted by Crippen LogP contribution is 2.26. The summed E-state index contributed by atoms with van der Waals surface area (Å²) in [5, 5.41) is 2.82. The van der Waals surface area contributed by atoms with Crippen LogP contribution in [0.4, 0.5) is 5.69 Å². The third-order valence-electron chi connectivity index (χ3n) is 5.77. The fraction of sp³-hybridized carbons (Fsp3) is 0.231. The van der Waals surface area contributed by atoms with Gasteiger partial charge in [0, 0.05) is 30.5 Å². The number of carbonyl (C=O) groups is 2. The average molecular weight is 556 g/mol. The Labute approximate surface area is 213 Å². The number of sulfonamides is 1. The van der Waals surface area contributed by atoms with Crippen molar-refractivity contribution in [3.63, 3.8) is 0 Å². The Morgan fingerprint density at radius 3 is 2.34 bits per heavy atom. The van der Waals surface area contributed by atoms with Crippen molar-refractivity contribution in [1.29, 1.82) is 0 Å². The number of halogens is 1. The van der Waals surface area contributed by atoms with Gasteiger partial charge in [0.15, 0.2) is 0 Å². The molecule has 0 saturated carbocycles. The molecule has 0 unspecified atom stereocenters. The van der Waals surface area contributed by atoms with E-state index in [1.165, 1.54) is 12.1 Å². The number of amides is 2. The van der Waals surface area contributed by atoms with Gasteiger partial charge in [0.25, 0.3) is 10.0 Å². The number of anilines is 1. The molecule has 0 atom stereocenters. The smallest absolute Gasteiger partial charge is 0.264 e. The molecular formula is C26H26BrN3O4S. The largest absolute Gasteiger partial charge is 0.350 e. The van der Waals surface area contributed by atoms with E-state index in [1.807, 2.05) is 29.2 Å². The van der Waals surface area contributed by atoms with E-state index in [1.54, 1.807) is 42.5 Å². The van der Waals surface area contributed by atoms with Crippen LogP contribution in [0.5, 0.6) is 0 Å². The quantitative estimate of drug-likeness (QED) is 0.431. The summed E-state index contributed by atoms with van der Waals surface area (Å²) in [6.07, 6.45) is 1.51. The minimum atomic E-state index is -3.95. The fourth-order valence-corrected chi connectivity index (χ4v) is 5.73. The van der Waals surface area contributed by atoms with Gasteiger partial charge in [0.1, 0.15) is 6.54 Å². The van der Waals surface area contributed by atoms with Crippen LogP contribution in [0, 0.1) is 0 Å². The van der Waals surface area contributed by atoms with Gasteiger partial charge >= 0.3 is 0 Å². The lowest BCUT2D eigenvalue weighted by Gasteiger charge is -2.24. The lowest BCUT2D eigenvalue weighted by molar-refractivity contribution is -0.128. The Balaban J connectivity index is 1.43. The topological polar surface area (TPSA) is 86.8 Å². The maximum Gasteiger partial charge on any atom is 0.264 e. The van der Waals surface area contributed by atoms with E-state index < -0.39 is 15.9 Å². The van der Waals surface area contributed by atoms with E-state index in [4.69, 9.17) is 0 Å². The van der Waals surface area contributed by atoms with Crippen LogP contribution in [0.1, 0.15) is 24.0 Å². The first-order valence-electron chi connectivity index (χ1n) is 11.3. The normalized spacial score (nSPS) is 13.6. The summed E-state index contributed by atoms with van der Waals surface area (Å²) >= 11 is 3.37. The lowest BCUT2D eigenvalue weighted by Crippen LogP contribution is -2.40. The van der Waals surface area contributed by atoms with Gasteiger partial charge in [0.2, 0.25) is 11.8 Å². The van der Waals surface area contributed by atoms with Crippen molar-refractivity contribution in [2.45, 2.75) is 30.8 Å². The molecule has 7 nitrogen and oxygen atoms in total. The summed E-state index contributed by atoms with van der Waals surface area (Å²) in [6.45, 7) is 1.28. The van der Waals surface area contributed by atoms with E-state index in [0.29, 0.717) is 23.1 Å². The van der Waals surface area contributed by atoms with Crippen LogP contribution < -0.4 is 9.62 Å². The third-order valence-corrected chi connectivity index (χ3v) is 8.05. The van der Waals surface area contributed by atoms with Gasteiger partial charge < -0.3 is 10.2 Å². The standard InChI is InChI=1S/C26H26BrN3O4S/c27-22-6-4-7-23(16-22)30(35(33,34)24-8-2-1-3-9-24)19-25(31)28-17-20-11-13-21(14-12-20)18-29-15-5-10-26(29)32/h1-4,6-9,11-14,16H,5,10,15,17-19H2,(H,28,31). The van der Waals surface area contributed by atoms with Crippen LogP contribution in [0.25, 0.3) is 0 Å². The molecule has 1 fully saturated rings. The van der Waals surface area contributed by atoms with Gasteiger partial charge in [-0.2, -0.15) is 0 Å². The number of hydrogen-bond donors (Lipinski definition) is 1. The summed E-state index contributed by atoms with van der Waals surface area (Å²) in [6, 6.07) is 22.6. The molecule has 182 valence electrons. The minimum absolute atomic E-state index is 0.111. The van der Waals surface area contributed by atoms with E-state index in [9.17, 15) is 18.0 Å². The van der Waals surface area contributed by atoms with Gasteiger partial charge in [0.05, 0.1) is 10.6 Å². The Morgan fingerprint density at radius 1 is 0.971 bits per heavy atom. The molecule has 0 bridgehead atoms. The van der Waals surface area contributed by atoms with Crippen molar-refractivity contribution in [1.82, 2.24) is 10.2 Å². The Morgan fingerprint density at radius 2 is 1.69 bits per heavy atom. The van der Waals surface area contributed by atoms with Crippen molar-refractivity contribution in [2.24, 2.45) is 0 Å². The van der Waals surface area contributed by atoms with Crippen LogP contribution >= 0.6 is 15.9 Å². The van der Waals surface area contributed by atoms with Crippen LogP contribution in [0.3, 0.4) is 0 Å². The summed E-state index contributed by atoms with van der Waals surface area (Å²) in [5.41, 5.74) is 2.30. The fourth-order valence-electron chi connectivity index (χ4n) is 3.91. The molecule has 4 rings (SSSR count). The number of likely N-dealkylation sites (tertiary alicyclic amines) is 1. The molecule has 9 heteroatoms. The van der Waals surface area contributed by atoms with E-state index in [2.05, 4.69) is 21.2 Å². The summed E-state index contributed by atoms with van der Waals surface area (Å²) in [7, 11) is -3.95. The average Bonchev–Trinajstić information content (AvgIpc) is 3.26. The SMILES string of the molecule is O=C(CN(c1cccc(Br)c1)S(=O)(=O)c1ccccc1)NCc1ccc(CN2CCCC2=O)cc1. The second-order valence-electron chi connectivity index (χ2n) is 8.32. The Kier molecular flexibility index (Phi) is 7.87. The zero-order chi connectivity index (χ0) is 24.8. The van der Waals surface area contributed by atoms with Gasteiger partial charge in [-0.15, -0.1) is 0 Å². The lowest BCUT2D eigenvalue weighted by atomic mass is 10.1. The number of rotatable bonds is 9. The zero-order valence-electron chi connectivity index (χ0n) is 19.1. The zero-order valence-corrected chi connectivity index (χ0v) is 21.5. The van der Waals surface area contributed by atoms with Crippen LogP contribution in [-0.2, 0) is 32.7 Å². The molecular weight excluding hydrogens is 530 g/mol. The first kappa shape index (κ1) is 24.9. The van der Waals surface area contributed by atoms with Crippen molar-refractivity contribution in [3.8, 4) is 0 Å². The predicted molar refractivity (Wildman–Crippen MR) is 138 cm³/mol. The molecule has 1 N–H and O–H groups in total. The number of carbonyl (C=O) groups excluding carboxylic acids is 2. The number of nitrogens with zero attached hydrogens (tertiary/aromatic N) is 2. The number of nitrogens with one attached hydrogen (secondary N) is 1. The highest BCUT2D eigenvalue weighted by atomic mass is 79.9. The molecule has 35 heavy (non-hydrogen) atoms. The molecule has 1 aliphatic heterocycles. The van der Waals surface area contributed by atoms with Crippen LogP contribution in [0.2, 0.25) is 0 Å². The van der Waals surface area contributed by atoms with Crippen molar-refractivity contribution >= 4 is 43.5 Å². The van der Waals surface area contributed by atoms with Gasteiger partial charge in [-0.05, 0) is 47.9 Å². The highest BCUT2D eigenvalue weighted by molar-refractivity contribution is 9.10. The third kappa shape index (κ3) is 6.29. The summed E-state index contributed by atoms with van der Waals surface area (Å²) < 4.78 is 28.5. The predicted octanol–water partition coefficient (Wildman–Crippen LogP) is 4.08. The first-order valence-corrected chi connectivity index (χ1v) is 13.5. The van der Waals surface area contributed by atoms with Crippen molar-refractivity contribution < 1.29 is 18.0 Å². The summed E-state index contributed by atoms with van der Waals surface area (Å²) in [5.74, 6) is -0.238. The molecule has 0 radical (unpaired) electrons. The number of benzene rings is 3. The van der Waals surface area contributed by atoms with Gasteiger partial charge in [-0.25, -0.2) is 8.42 Å². The molecule has 3 aromatic rings. The molecule has 1 heterocycles. The molecule has 3 aromatic carbocycles. The second kappa shape index (κ2) is 11.0. The van der Waals surface area contributed by atoms with Gasteiger partial charge in [-0.1, -0.05) is 64.5 Å². The summed E-state index contributed by atoms with van der Waals surface area (Å²) in [4.78, 5) is 26.6. The van der Waals surface area contributed by atoms with Gasteiger partial charge in [-0.3, -0.25) is 13.9 Å². The monoisotopic (exact) mass is 555 g/mol. The second-order valence-corrected chi connectivity index (χ2v) is 11.1. The molecule has 1 saturated heterocycles. The van der Waals surface area contributed by atoms with Crippen molar-refractivity contribution in [2.75, 3.05) is 17.4 Å². The minimum Gasteiger partial charge on any atom is -0.350 e. The van der Waals surface area contributed by atoms with Crippen LogP contribution in [-0.4, -0.2) is 38.2 Å². The van der Waals surface area contributed by atoms with E-state index in [-0.39, 0.29) is 23.9 Å². The Hall–Kier alpha value is -3.17. The first-order chi connectivity index (χ1) is 16.8. The van der Waals surface area contributed by atoms with Crippen LogP contribution in [0.15, 0.2) is 88.2 Å². The number of hydrogen-bond acceptors (Lipinski definition) is 4. The van der Waals surface area contributed by atoms with E-state index in [0.717, 1.165) is 28.4 Å². The highest BCUT2D eigenvalue weighted by Gasteiger charge is 2.27. The molecule has 0 spiro atoms. The van der Waals surface area contributed by atoms with E-state index >= 15 is 0 Å². The maximum absolute atomic E-state index is 13.4. The molecule has 0 aromatic heterocycles.